The molecule has 0 saturated carbocycles. The number of amides is 1. The molecule has 0 aliphatic carbocycles. The van der Waals surface area contributed by atoms with E-state index in [9.17, 15) is 4.79 Å². The molecule has 1 aromatic carbocycles. The summed E-state index contributed by atoms with van der Waals surface area (Å²) in [5, 5.41) is 1.10. The van der Waals surface area contributed by atoms with Crippen LogP contribution < -0.4 is 0 Å². The highest BCUT2D eigenvalue weighted by Crippen LogP contribution is 2.40. The van der Waals surface area contributed by atoms with Crippen LogP contribution in [0, 0.1) is 0 Å². The number of carbonyl (C=O) groups is 1. The quantitative estimate of drug-likeness (QED) is 0.509. The summed E-state index contributed by atoms with van der Waals surface area (Å²) in [6.07, 6.45) is 3.22. The zero-order chi connectivity index (χ0) is 19.1. The predicted octanol–water partition coefficient (Wildman–Crippen LogP) is 5.75. The van der Waals surface area contributed by atoms with Gasteiger partial charge in [0.05, 0.1) is 21.3 Å². The molecular formula is C20H14Cl3N3O. The van der Waals surface area contributed by atoms with Crippen LogP contribution in [0.1, 0.15) is 22.8 Å². The van der Waals surface area contributed by atoms with Gasteiger partial charge in [-0.3, -0.25) is 9.78 Å². The Morgan fingerprint density at radius 2 is 1.74 bits per heavy atom. The van der Waals surface area contributed by atoms with Crippen molar-refractivity contribution in [1.82, 2.24) is 14.9 Å². The topological polar surface area (TPSA) is 46.1 Å². The fraction of sp³-hybridized carbons (Fsp3) is 0.150. The van der Waals surface area contributed by atoms with Crippen molar-refractivity contribution in [1.29, 1.82) is 0 Å². The lowest BCUT2D eigenvalue weighted by molar-refractivity contribution is 0.0787. The van der Waals surface area contributed by atoms with E-state index in [1.54, 1.807) is 23.4 Å². The SMILES string of the molecule is CCN1Cc2cc(-c3cccc(-c4ccnc(Cl)c4Cl)c3Cl)ncc2C1=O. The Morgan fingerprint density at radius 1 is 1.00 bits per heavy atom. The number of rotatable bonds is 3. The summed E-state index contributed by atoms with van der Waals surface area (Å²) in [7, 11) is 0. The summed E-state index contributed by atoms with van der Waals surface area (Å²) in [4.78, 5) is 22.5. The van der Waals surface area contributed by atoms with Gasteiger partial charge in [-0.15, -0.1) is 0 Å². The Labute approximate surface area is 171 Å². The van der Waals surface area contributed by atoms with E-state index in [1.165, 1.54) is 0 Å². The smallest absolute Gasteiger partial charge is 0.256 e. The number of hydrogen-bond acceptors (Lipinski definition) is 3. The summed E-state index contributed by atoms with van der Waals surface area (Å²) < 4.78 is 0. The molecule has 27 heavy (non-hydrogen) atoms. The van der Waals surface area contributed by atoms with Gasteiger partial charge in [0.1, 0.15) is 5.15 Å². The summed E-state index contributed by atoms with van der Waals surface area (Å²) >= 11 is 19.1. The highest BCUT2D eigenvalue weighted by atomic mass is 35.5. The fourth-order valence-electron chi connectivity index (χ4n) is 3.23. The molecule has 1 amide bonds. The number of nitrogens with zero attached hydrogens (tertiary/aromatic N) is 3. The van der Waals surface area contributed by atoms with Gasteiger partial charge < -0.3 is 4.90 Å². The maximum atomic E-state index is 12.3. The predicted molar refractivity (Wildman–Crippen MR) is 108 cm³/mol. The molecule has 0 atom stereocenters. The van der Waals surface area contributed by atoms with E-state index in [-0.39, 0.29) is 11.1 Å². The zero-order valence-electron chi connectivity index (χ0n) is 14.3. The molecule has 3 aromatic rings. The molecule has 0 N–H and O–H groups in total. The molecule has 0 radical (unpaired) electrons. The number of aromatic nitrogens is 2. The summed E-state index contributed by atoms with van der Waals surface area (Å²) in [6.45, 7) is 3.21. The van der Waals surface area contributed by atoms with Crippen molar-refractivity contribution in [3.8, 4) is 22.4 Å². The number of pyridine rings is 2. The summed E-state index contributed by atoms with van der Waals surface area (Å²) in [5.41, 5.74) is 4.54. The number of benzene rings is 1. The number of carbonyl (C=O) groups excluding carboxylic acids is 1. The first-order valence-electron chi connectivity index (χ1n) is 8.38. The summed E-state index contributed by atoms with van der Waals surface area (Å²) in [6, 6.07) is 9.35. The normalized spacial score (nSPS) is 13.2. The average molecular weight is 419 g/mol. The van der Waals surface area contributed by atoms with E-state index in [0.717, 1.165) is 16.7 Å². The van der Waals surface area contributed by atoms with Crippen molar-refractivity contribution in [2.24, 2.45) is 0 Å². The second-order valence-electron chi connectivity index (χ2n) is 6.18. The first-order valence-corrected chi connectivity index (χ1v) is 9.52. The largest absolute Gasteiger partial charge is 0.335 e. The molecule has 136 valence electrons. The molecule has 7 heteroatoms. The van der Waals surface area contributed by atoms with E-state index >= 15 is 0 Å². The van der Waals surface area contributed by atoms with Crippen molar-refractivity contribution >= 4 is 40.7 Å². The fourth-order valence-corrected chi connectivity index (χ4v) is 3.93. The van der Waals surface area contributed by atoms with Crippen molar-refractivity contribution in [3.63, 3.8) is 0 Å². The third kappa shape index (κ3) is 3.08. The van der Waals surface area contributed by atoms with Gasteiger partial charge in [-0.2, -0.15) is 0 Å². The number of hydrogen-bond donors (Lipinski definition) is 0. The molecule has 0 saturated heterocycles. The van der Waals surface area contributed by atoms with E-state index in [2.05, 4.69) is 9.97 Å². The van der Waals surface area contributed by atoms with Gasteiger partial charge in [-0.1, -0.05) is 53.0 Å². The highest BCUT2D eigenvalue weighted by Gasteiger charge is 2.27. The molecular weight excluding hydrogens is 405 g/mol. The first-order chi connectivity index (χ1) is 13.0. The van der Waals surface area contributed by atoms with Crippen LogP contribution in [0.4, 0.5) is 0 Å². The second-order valence-corrected chi connectivity index (χ2v) is 7.29. The van der Waals surface area contributed by atoms with E-state index in [4.69, 9.17) is 34.8 Å². The number of fused-ring (bicyclic) bond motifs is 1. The van der Waals surface area contributed by atoms with Gasteiger partial charge in [0, 0.05) is 42.2 Å². The van der Waals surface area contributed by atoms with Crippen molar-refractivity contribution < 1.29 is 4.79 Å². The van der Waals surface area contributed by atoms with Crippen LogP contribution in [0.15, 0.2) is 42.7 Å². The van der Waals surface area contributed by atoms with Crippen LogP contribution in [0.25, 0.3) is 22.4 Å². The van der Waals surface area contributed by atoms with E-state index < -0.39 is 0 Å². The monoisotopic (exact) mass is 417 g/mol. The molecule has 1 aliphatic heterocycles. The van der Waals surface area contributed by atoms with Crippen LogP contribution in [0.2, 0.25) is 15.2 Å². The zero-order valence-corrected chi connectivity index (χ0v) is 16.6. The lowest BCUT2D eigenvalue weighted by Crippen LogP contribution is -2.22. The molecule has 0 bridgehead atoms. The molecule has 0 spiro atoms. The Balaban J connectivity index is 1.81. The van der Waals surface area contributed by atoms with Gasteiger partial charge >= 0.3 is 0 Å². The molecule has 0 unspecified atom stereocenters. The lowest BCUT2D eigenvalue weighted by atomic mass is 10.0. The maximum Gasteiger partial charge on any atom is 0.256 e. The number of halogens is 3. The van der Waals surface area contributed by atoms with Crippen molar-refractivity contribution in [3.05, 3.63) is 69.1 Å². The van der Waals surface area contributed by atoms with Gasteiger partial charge in [0.15, 0.2) is 0 Å². The van der Waals surface area contributed by atoms with Gasteiger partial charge in [-0.25, -0.2) is 4.98 Å². The minimum atomic E-state index is 0.0182. The average Bonchev–Trinajstić information content (AvgIpc) is 3.00. The third-order valence-electron chi connectivity index (χ3n) is 4.66. The first kappa shape index (κ1) is 18.2. The maximum absolute atomic E-state index is 12.3. The molecule has 1 aliphatic rings. The molecule has 0 fully saturated rings. The minimum absolute atomic E-state index is 0.0182. The van der Waals surface area contributed by atoms with Crippen LogP contribution in [-0.4, -0.2) is 27.3 Å². The van der Waals surface area contributed by atoms with Crippen molar-refractivity contribution in [2.75, 3.05) is 6.54 Å². The van der Waals surface area contributed by atoms with Gasteiger partial charge in [0.2, 0.25) is 0 Å². The third-order valence-corrected chi connectivity index (χ3v) is 5.83. The van der Waals surface area contributed by atoms with Crippen molar-refractivity contribution in [2.45, 2.75) is 13.5 Å². The van der Waals surface area contributed by atoms with Crippen LogP contribution in [-0.2, 0) is 6.54 Å². The molecule has 4 rings (SSSR count). The standard InChI is InChI=1S/C20H14Cl3N3O/c1-2-26-10-11-8-16(25-9-15(11)20(26)27)14-5-3-4-12(17(14)21)13-6-7-24-19(23)18(13)22/h3-9H,2,10H2,1H3. The second kappa shape index (κ2) is 7.12. The minimum Gasteiger partial charge on any atom is -0.335 e. The van der Waals surface area contributed by atoms with Crippen LogP contribution >= 0.6 is 34.8 Å². The highest BCUT2D eigenvalue weighted by molar-refractivity contribution is 6.43. The Bertz CT molecular complexity index is 1070. The van der Waals surface area contributed by atoms with E-state index in [0.29, 0.717) is 40.0 Å². The van der Waals surface area contributed by atoms with Crippen LogP contribution in [0.3, 0.4) is 0 Å². The lowest BCUT2D eigenvalue weighted by Gasteiger charge is -2.12. The van der Waals surface area contributed by atoms with Crippen LogP contribution in [0.5, 0.6) is 0 Å². The Kier molecular flexibility index (Phi) is 4.81. The summed E-state index contributed by atoms with van der Waals surface area (Å²) in [5.74, 6) is 0.0182. The Morgan fingerprint density at radius 3 is 2.52 bits per heavy atom. The van der Waals surface area contributed by atoms with Gasteiger partial charge in [-0.05, 0) is 24.6 Å². The Hall–Kier alpha value is -2.14. The molecule has 4 nitrogen and oxygen atoms in total. The molecule has 3 heterocycles. The van der Waals surface area contributed by atoms with Gasteiger partial charge in [0.25, 0.3) is 5.91 Å². The van der Waals surface area contributed by atoms with E-state index in [1.807, 2.05) is 31.2 Å². The molecule has 2 aromatic heterocycles.